The van der Waals surface area contributed by atoms with Crippen LogP contribution in [0.15, 0.2) is 65.4 Å². The van der Waals surface area contributed by atoms with Gasteiger partial charge in [-0.25, -0.2) is 13.4 Å². The van der Waals surface area contributed by atoms with Crippen molar-refractivity contribution in [3.63, 3.8) is 0 Å². The molecule has 10 heteroatoms. The minimum atomic E-state index is -4.00. The summed E-state index contributed by atoms with van der Waals surface area (Å²) in [6.07, 6.45) is 1.49. The fourth-order valence-electron chi connectivity index (χ4n) is 2.93. The molecule has 0 fully saturated rings. The molecule has 0 saturated carbocycles. The molecule has 0 saturated heterocycles. The van der Waals surface area contributed by atoms with Gasteiger partial charge in [0.05, 0.1) is 52.1 Å². The SMILES string of the molecule is C=CCN(c1ccc(OC)cc1)S(=O)(=O)c1ccc(Cl)c(C(=O)NCc2csc(C)n2)c1. The number of aryl methyl sites for hydroxylation is 1. The van der Waals surface area contributed by atoms with Crippen molar-refractivity contribution < 1.29 is 17.9 Å². The molecule has 3 rings (SSSR count). The zero-order valence-corrected chi connectivity index (χ0v) is 19.9. The zero-order chi connectivity index (χ0) is 23.3. The number of carbonyl (C=O) groups excluding carboxylic acids is 1. The van der Waals surface area contributed by atoms with Crippen LogP contribution in [0.4, 0.5) is 5.69 Å². The number of halogens is 1. The molecule has 0 atom stereocenters. The van der Waals surface area contributed by atoms with Crippen molar-refractivity contribution in [3.8, 4) is 5.75 Å². The Bertz CT molecular complexity index is 1220. The lowest BCUT2D eigenvalue weighted by Crippen LogP contribution is -2.31. The summed E-state index contributed by atoms with van der Waals surface area (Å²) in [6, 6.07) is 10.7. The van der Waals surface area contributed by atoms with E-state index in [1.54, 1.807) is 24.3 Å². The summed E-state index contributed by atoms with van der Waals surface area (Å²) < 4.78 is 33.2. The highest BCUT2D eigenvalue weighted by atomic mass is 35.5. The van der Waals surface area contributed by atoms with Gasteiger partial charge in [0.25, 0.3) is 15.9 Å². The first-order chi connectivity index (χ1) is 15.3. The molecule has 1 aromatic heterocycles. The minimum Gasteiger partial charge on any atom is -0.497 e. The second-order valence-electron chi connectivity index (χ2n) is 6.71. The summed E-state index contributed by atoms with van der Waals surface area (Å²) >= 11 is 7.68. The molecule has 1 heterocycles. The molecule has 1 N–H and O–H groups in total. The standard InChI is InChI=1S/C22H22ClN3O4S2/c1-4-11-26(17-5-7-18(30-3)8-6-17)32(28,29)19-9-10-21(23)20(12-19)22(27)24-13-16-14-31-15(2)25-16/h4-10,12,14H,1,11,13H2,2-3H3,(H,24,27). The number of thiazole rings is 1. The molecule has 0 unspecified atom stereocenters. The van der Waals surface area contributed by atoms with Gasteiger partial charge in [-0.3, -0.25) is 9.10 Å². The van der Waals surface area contributed by atoms with Gasteiger partial charge in [-0.1, -0.05) is 17.7 Å². The van der Waals surface area contributed by atoms with Gasteiger partial charge in [0, 0.05) is 5.38 Å². The molecule has 0 spiro atoms. The summed E-state index contributed by atoms with van der Waals surface area (Å²) in [6.45, 7) is 5.79. The van der Waals surface area contributed by atoms with E-state index in [2.05, 4.69) is 16.9 Å². The average Bonchev–Trinajstić information content (AvgIpc) is 3.21. The number of benzene rings is 2. The maximum atomic E-state index is 13.4. The van der Waals surface area contributed by atoms with Crippen LogP contribution >= 0.6 is 22.9 Å². The number of carbonyl (C=O) groups is 1. The lowest BCUT2D eigenvalue weighted by atomic mass is 10.2. The number of amides is 1. The molecule has 1 amide bonds. The maximum Gasteiger partial charge on any atom is 0.264 e. The van der Waals surface area contributed by atoms with Crippen LogP contribution < -0.4 is 14.4 Å². The smallest absolute Gasteiger partial charge is 0.264 e. The van der Waals surface area contributed by atoms with Crippen molar-refractivity contribution >= 4 is 44.6 Å². The minimum absolute atomic E-state index is 0.0436. The Hall–Kier alpha value is -2.88. The second kappa shape index (κ2) is 10.2. The first-order valence-corrected chi connectivity index (χ1v) is 12.2. The fourth-order valence-corrected chi connectivity index (χ4v) is 5.21. The number of rotatable bonds is 9. The first-order valence-electron chi connectivity index (χ1n) is 9.52. The summed E-state index contributed by atoms with van der Waals surface area (Å²) in [5.41, 5.74) is 1.22. The van der Waals surface area contributed by atoms with E-state index < -0.39 is 15.9 Å². The molecular weight excluding hydrogens is 470 g/mol. The number of nitrogens with zero attached hydrogens (tertiary/aromatic N) is 2. The third-order valence-electron chi connectivity index (χ3n) is 4.52. The number of methoxy groups -OCH3 is 1. The molecular formula is C22H22ClN3O4S2. The lowest BCUT2D eigenvalue weighted by molar-refractivity contribution is 0.0950. The lowest BCUT2D eigenvalue weighted by Gasteiger charge is -2.23. The largest absolute Gasteiger partial charge is 0.497 e. The van der Waals surface area contributed by atoms with Gasteiger partial charge in [-0.15, -0.1) is 17.9 Å². The van der Waals surface area contributed by atoms with Gasteiger partial charge in [0.1, 0.15) is 5.75 Å². The molecule has 0 aliphatic heterocycles. The van der Waals surface area contributed by atoms with Crippen LogP contribution in [0.25, 0.3) is 0 Å². The molecule has 32 heavy (non-hydrogen) atoms. The maximum absolute atomic E-state index is 13.4. The summed E-state index contributed by atoms with van der Waals surface area (Å²) in [4.78, 5) is 16.9. The van der Waals surface area contributed by atoms with E-state index in [4.69, 9.17) is 16.3 Å². The Balaban J connectivity index is 1.90. The third-order valence-corrected chi connectivity index (χ3v) is 7.46. The van der Waals surface area contributed by atoms with Crippen LogP contribution in [0.1, 0.15) is 21.1 Å². The van der Waals surface area contributed by atoms with E-state index in [0.29, 0.717) is 11.4 Å². The number of ether oxygens (including phenoxy) is 1. The highest BCUT2D eigenvalue weighted by Crippen LogP contribution is 2.28. The van der Waals surface area contributed by atoms with E-state index in [0.717, 1.165) is 10.7 Å². The van der Waals surface area contributed by atoms with Crippen molar-refractivity contribution in [3.05, 3.63) is 81.8 Å². The molecule has 3 aromatic rings. The number of aromatic nitrogens is 1. The summed E-state index contributed by atoms with van der Waals surface area (Å²) in [5, 5.41) is 5.62. The van der Waals surface area contributed by atoms with Crippen LogP contribution in [0.5, 0.6) is 5.75 Å². The van der Waals surface area contributed by atoms with Gasteiger partial charge in [-0.2, -0.15) is 0 Å². The Labute approximate surface area is 196 Å². The topological polar surface area (TPSA) is 88.6 Å². The predicted octanol–water partition coefficient (Wildman–Crippen LogP) is 4.42. The van der Waals surface area contributed by atoms with Crippen LogP contribution in [-0.2, 0) is 16.6 Å². The normalized spacial score (nSPS) is 11.1. The van der Waals surface area contributed by atoms with Gasteiger partial charge >= 0.3 is 0 Å². The van der Waals surface area contributed by atoms with Gasteiger partial charge in [0.2, 0.25) is 0 Å². The molecule has 0 radical (unpaired) electrons. The first kappa shape index (κ1) is 23.8. The van der Waals surface area contributed by atoms with E-state index in [9.17, 15) is 13.2 Å². The highest BCUT2D eigenvalue weighted by Gasteiger charge is 2.26. The van der Waals surface area contributed by atoms with Crippen molar-refractivity contribution in [2.45, 2.75) is 18.4 Å². The van der Waals surface area contributed by atoms with Crippen molar-refractivity contribution in [2.24, 2.45) is 0 Å². The van der Waals surface area contributed by atoms with Crippen molar-refractivity contribution in [2.75, 3.05) is 18.0 Å². The predicted molar refractivity (Wildman–Crippen MR) is 127 cm³/mol. The molecule has 168 valence electrons. The van der Waals surface area contributed by atoms with Crippen LogP contribution in [0.2, 0.25) is 5.02 Å². The van der Waals surface area contributed by atoms with E-state index in [1.165, 1.54) is 47.0 Å². The van der Waals surface area contributed by atoms with Crippen LogP contribution in [-0.4, -0.2) is 33.0 Å². The zero-order valence-electron chi connectivity index (χ0n) is 17.5. The Morgan fingerprint density at radius 2 is 2.00 bits per heavy atom. The number of hydrogen-bond donors (Lipinski definition) is 1. The van der Waals surface area contributed by atoms with Gasteiger partial charge in [-0.05, 0) is 49.4 Å². The molecule has 0 bridgehead atoms. The van der Waals surface area contributed by atoms with Crippen molar-refractivity contribution in [1.82, 2.24) is 10.3 Å². The van der Waals surface area contributed by atoms with Gasteiger partial charge < -0.3 is 10.1 Å². The Morgan fingerprint density at radius 3 is 2.59 bits per heavy atom. The molecule has 0 aliphatic rings. The number of hydrogen-bond acceptors (Lipinski definition) is 6. The number of anilines is 1. The Morgan fingerprint density at radius 1 is 1.28 bits per heavy atom. The second-order valence-corrected chi connectivity index (χ2v) is 10.0. The quantitative estimate of drug-likeness (QED) is 0.447. The monoisotopic (exact) mass is 491 g/mol. The molecule has 7 nitrogen and oxygen atoms in total. The summed E-state index contributed by atoms with van der Waals surface area (Å²) in [7, 11) is -2.47. The highest BCUT2D eigenvalue weighted by molar-refractivity contribution is 7.92. The van der Waals surface area contributed by atoms with Gasteiger partial charge in [0.15, 0.2) is 0 Å². The van der Waals surface area contributed by atoms with Crippen LogP contribution in [0.3, 0.4) is 0 Å². The van der Waals surface area contributed by atoms with E-state index >= 15 is 0 Å². The number of nitrogens with one attached hydrogen (secondary N) is 1. The average molecular weight is 492 g/mol. The van der Waals surface area contributed by atoms with E-state index in [1.807, 2.05) is 12.3 Å². The van der Waals surface area contributed by atoms with Crippen molar-refractivity contribution in [1.29, 1.82) is 0 Å². The molecule has 2 aromatic carbocycles. The Kier molecular flexibility index (Phi) is 7.55. The summed E-state index contributed by atoms with van der Waals surface area (Å²) in [5.74, 6) is 0.114. The van der Waals surface area contributed by atoms with E-state index in [-0.39, 0.29) is 28.6 Å². The number of sulfonamides is 1. The van der Waals surface area contributed by atoms with Crippen LogP contribution in [0, 0.1) is 6.92 Å². The molecule has 0 aliphatic carbocycles. The fraction of sp³-hybridized carbons (Fsp3) is 0.182. The third kappa shape index (κ3) is 5.29.